The molecule has 98 valence electrons. The molecular weight excluding hydrogens is 239 g/mol. The third-order valence-corrected chi connectivity index (χ3v) is 2.82. The molecule has 5 heteroatoms. The third-order valence-electron chi connectivity index (χ3n) is 2.82. The Labute approximate surface area is 105 Å². The number of esters is 1. The van der Waals surface area contributed by atoms with Crippen LogP contribution in [0.5, 0.6) is 5.75 Å². The first-order valence-corrected chi connectivity index (χ1v) is 5.86. The number of halogens is 1. The minimum absolute atomic E-state index is 0.0747. The van der Waals surface area contributed by atoms with Crippen LogP contribution in [0.2, 0.25) is 0 Å². The van der Waals surface area contributed by atoms with Gasteiger partial charge in [-0.1, -0.05) is 0 Å². The van der Waals surface area contributed by atoms with Crippen molar-refractivity contribution in [3.05, 3.63) is 30.1 Å². The van der Waals surface area contributed by atoms with E-state index in [2.05, 4.69) is 0 Å². The smallest absolute Gasteiger partial charge is 0.342 e. The second kappa shape index (κ2) is 5.35. The lowest BCUT2D eigenvalue weighted by atomic mass is 10.0. The molecule has 0 spiro atoms. The Hall–Kier alpha value is -1.62. The van der Waals surface area contributed by atoms with Gasteiger partial charge in [-0.2, -0.15) is 0 Å². The first-order valence-electron chi connectivity index (χ1n) is 5.86. The van der Waals surface area contributed by atoms with Crippen LogP contribution < -0.4 is 4.74 Å². The van der Waals surface area contributed by atoms with Crippen LogP contribution in [-0.4, -0.2) is 31.4 Å². The Kier molecular flexibility index (Phi) is 3.81. The minimum atomic E-state index is -1.02. The van der Waals surface area contributed by atoms with E-state index in [1.54, 1.807) is 0 Å². The summed E-state index contributed by atoms with van der Waals surface area (Å²) in [4.78, 5) is 11.7. The van der Waals surface area contributed by atoms with Crippen LogP contribution in [0.4, 0.5) is 4.39 Å². The van der Waals surface area contributed by atoms with E-state index in [0.29, 0.717) is 25.4 Å². The maximum atomic E-state index is 12.7. The molecule has 1 aromatic carbocycles. The molecule has 0 aromatic heterocycles. The summed E-state index contributed by atoms with van der Waals surface area (Å²) in [7, 11) is 0. The molecule has 1 saturated heterocycles. The number of rotatable bonds is 5. The van der Waals surface area contributed by atoms with Gasteiger partial charge in [0.2, 0.25) is 5.60 Å². The van der Waals surface area contributed by atoms with Gasteiger partial charge in [-0.05, 0) is 31.2 Å². The standard InChI is InChI=1S/C13H15FO4/c1-2-18-13(7-8-16-12(13)15)9-17-11-5-3-10(14)4-6-11/h3-6H,2,7-9H2,1H3. The van der Waals surface area contributed by atoms with Gasteiger partial charge < -0.3 is 14.2 Å². The highest BCUT2D eigenvalue weighted by molar-refractivity contribution is 5.81. The van der Waals surface area contributed by atoms with Crippen molar-refractivity contribution in [1.82, 2.24) is 0 Å². The Balaban J connectivity index is 2.02. The SMILES string of the molecule is CCOC1(COc2ccc(F)cc2)CCOC1=O. The molecule has 1 unspecified atom stereocenters. The highest BCUT2D eigenvalue weighted by Crippen LogP contribution is 2.26. The molecule has 1 aromatic rings. The van der Waals surface area contributed by atoms with E-state index in [4.69, 9.17) is 14.2 Å². The quantitative estimate of drug-likeness (QED) is 0.753. The Morgan fingerprint density at radius 3 is 2.67 bits per heavy atom. The summed E-state index contributed by atoms with van der Waals surface area (Å²) in [5.41, 5.74) is -1.02. The lowest BCUT2D eigenvalue weighted by Crippen LogP contribution is -2.43. The molecule has 0 N–H and O–H groups in total. The molecule has 1 atom stereocenters. The van der Waals surface area contributed by atoms with Crippen molar-refractivity contribution in [2.24, 2.45) is 0 Å². The van der Waals surface area contributed by atoms with Gasteiger partial charge in [0.15, 0.2) is 0 Å². The molecule has 1 heterocycles. The van der Waals surface area contributed by atoms with Crippen LogP contribution in [0.3, 0.4) is 0 Å². The molecule has 18 heavy (non-hydrogen) atoms. The molecule has 0 amide bonds. The van der Waals surface area contributed by atoms with Crippen molar-refractivity contribution >= 4 is 5.97 Å². The zero-order valence-electron chi connectivity index (χ0n) is 10.1. The van der Waals surface area contributed by atoms with Crippen molar-refractivity contribution in [2.45, 2.75) is 18.9 Å². The number of hydrogen-bond acceptors (Lipinski definition) is 4. The number of ether oxygens (including phenoxy) is 3. The van der Waals surface area contributed by atoms with Crippen LogP contribution in [0.1, 0.15) is 13.3 Å². The number of cyclic esters (lactones) is 1. The van der Waals surface area contributed by atoms with E-state index < -0.39 is 11.6 Å². The fraction of sp³-hybridized carbons (Fsp3) is 0.462. The normalized spacial score (nSPS) is 22.9. The van der Waals surface area contributed by atoms with Gasteiger partial charge in [0.1, 0.15) is 18.2 Å². The summed E-state index contributed by atoms with van der Waals surface area (Å²) in [6.45, 7) is 2.63. The topological polar surface area (TPSA) is 44.8 Å². The van der Waals surface area contributed by atoms with Crippen LogP contribution >= 0.6 is 0 Å². The Morgan fingerprint density at radius 2 is 2.11 bits per heavy atom. The van der Waals surface area contributed by atoms with Gasteiger partial charge in [0.25, 0.3) is 0 Å². The lowest BCUT2D eigenvalue weighted by molar-refractivity contribution is -0.161. The second-order valence-corrected chi connectivity index (χ2v) is 4.06. The summed E-state index contributed by atoms with van der Waals surface area (Å²) in [5, 5.41) is 0. The van der Waals surface area contributed by atoms with Crippen molar-refractivity contribution in [2.75, 3.05) is 19.8 Å². The summed E-state index contributed by atoms with van der Waals surface area (Å²) in [6, 6.07) is 5.62. The van der Waals surface area contributed by atoms with E-state index in [1.165, 1.54) is 24.3 Å². The number of carbonyl (C=O) groups is 1. The van der Waals surface area contributed by atoms with Crippen LogP contribution in [0.15, 0.2) is 24.3 Å². The number of hydrogen-bond donors (Lipinski definition) is 0. The van der Waals surface area contributed by atoms with Gasteiger partial charge in [0, 0.05) is 13.0 Å². The average molecular weight is 254 g/mol. The largest absolute Gasteiger partial charge is 0.490 e. The molecule has 0 aliphatic carbocycles. The highest BCUT2D eigenvalue weighted by atomic mass is 19.1. The molecule has 0 bridgehead atoms. The fourth-order valence-corrected chi connectivity index (χ4v) is 1.85. The first kappa shape index (κ1) is 12.8. The monoisotopic (exact) mass is 254 g/mol. The zero-order chi connectivity index (χ0) is 13.0. The van der Waals surface area contributed by atoms with E-state index in [1.807, 2.05) is 6.92 Å². The summed E-state index contributed by atoms with van der Waals surface area (Å²) < 4.78 is 28.6. The van der Waals surface area contributed by atoms with E-state index in [-0.39, 0.29) is 12.4 Å². The maximum absolute atomic E-state index is 12.7. The van der Waals surface area contributed by atoms with Gasteiger partial charge >= 0.3 is 5.97 Å². The van der Waals surface area contributed by atoms with Crippen molar-refractivity contribution in [1.29, 1.82) is 0 Å². The van der Waals surface area contributed by atoms with Crippen molar-refractivity contribution in [3.63, 3.8) is 0 Å². The fourth-order valence-electron chi connectivity index (χ4n) is 1.85. The van der Waals surface area contributed by atoms with Gasteiger partial charge in [0.05, 0.1) is 6.61 Å². The molecule has 0 saturated carbocycles. The second-order valence-electron chi connectivity index (χ2n) is 4.06. The molecule has 1 aliphatic rings. The minimum Gasteiger partial charge on any atom is -0.490 e. The third kappa shape index (κ3) is 2.61. The van der Waals surface area contributed by atoms with Crippen LogP contribution in [0, 0.1) is 5.82 Å². The summed E-state index contributed by atoms with van der Waals surface area (Å²) in [5.74, 6) is -0.233. The Morgan fingerprint density at radius 1 is 1.39 bits per heavy atom. The molecular formula is C13H15FO4. The van der Waals surface area contributed by atoms with E-state index in [9.17, 15) is 9.18 Å². The summed E-state index contributed by atoms with van der Waals surface area (Å²) >= 11 is 0. The molecule has 2 rings (SSSR count). The zero-order valence-corrected chi connectivity index (χ0v) is 10.1. The van der Waals surface area contributed by atoms with Gasteiger partial charge in [-0.3, -0.25) is 0 Å². The van der Waals surface area contributed by atoms with Crippen LogP contribution in [-0.2, 0) is 14.3 Å². The van der Waals surface area contributed by atoms with E-state index >= 15 is 0 Å². The number of carbonyl (C=O) groups excluding carboxylic acids is 1. The van der Waals surface area contributed by atoms with Crippen molar-refractivity contribution < 1.29 is 23.4 Å². The maximum Gasteiger partial charge on any atom is 0.342 e. The highest BCUT2D eigenvalue weighted by Gasteiger charge is 2.46. The molecule has 1 fully saturated rings. The predicted molar refractivity (Wildman–Crippen MR) is 61.8 cm³/mol. The molecule has 4 nitrogen and oxygen atoms in total. The van der Waals surface area contributed by atoms with Gasteiger partial charge in [-0.25, -0.2) is 9.18 Å². The summed E-state index contributed by atoms with van der Waals surface area (Å²) in [6.07, 6.45) is 0.473. The average Bonchev–Trinajstić information content (AvgIpc) is 2.71. The van der Waals surface area contributed by atoms with Gasteiger partial charge in [-0.15, -0.1) is 0 Å². The first-order chi connectivity index (χ1) is 8.66. The molecule has 0 radical (unpaired) electrons. The lowest BCUT2D eigenvalue weighted by Gasteiger charge is -2.24. The molecule has 1 aliphatic heterocycles. The predicted octanol–water partition coefficient (Wildman–Crippen LogP) is 1.93. The number of benzene rings is 1. The Bertz CT molecular complexity index is 418. The van der Waals surface area contributed by atoms with E-state index in [0.717, 1.165) is 0 Å². The van der Waals surface area contributed by atoms with Crippen LogP contribution in [0.25, 0.3) is 0 Å². The van der Waals surface area contributed by atoms with Crippen molar-refractivity contribution in [3.8, 4) is 5.75 Å².